The van der Waals surface area contributed by atoms with E-state index < -0.39 is 0 Å². The summed E-state index contributed by atoms with van der Waals surface area (Å²) in [6.07, 6.45) is 1.68. The van der Waals surface area contributed by atoms with Gasteiger partial charge in [0.25, 0.3) is 0 Å². The van der Waals surface area contributed by atoms with Gasteiger partial charge in [-0.05, 0) is 48.9 Å². The number of pyridine rings is 1. The third-order valence-electron chi connectivity index (χ3n) is 3.87. The molecule has 0 amide bonds. The first kappa shape index (κ1) is 17.4. The molecule has 132 valence electrons. The second-order valence-corrected chi connectivity index (χ2v) is 5.68. The number of esters is 1. The van der Waals surface area contributed by atoms with Crippen molar-refractivity contribution in [2.45, 2.75) is 6.92 Å². The standard InChI is InChI=1S/C20H19N3O3/c1-13-10-19(17-11-16(25-2)8-9-18(17)22-13)23-21-12-14-4-6-15(7-5-14)20(24)26-3/h4-12H,1-3H3,(H,22,23)/b21-12-. The number of rotatable bonds is 5. The van der Waals surface area contributed by atoms with E-state index in [1.54, 1.807) is 37.6 Å². The maximum Gasteiger partial charge on any atom is 0.337 e. The van der Waals surface area contributed by atoms with Crippen LogP contribution in [0.1, 0.15) is 21.6 Å². The van der Waals surface area contributed by atoms with Crippen molar-refractivity contribution in [1.82, 2.24) is 4.98 Å². The van der Waals surface area contributed by atoms with E-state index in [1.807, 2.05) is 31.2 Å². The van der Waals surface area contributed by atoms with E-state index in [4.69, 9.17) is 4.74 Å². The first-order valence-electron chi connectivity index (χ1n) is 8.03. The molecular formula is C20H19N3O3. The summed E-state index contributed by atoms with van der Waals surface area (Å²) in [5.74, 6) is 0.396. The molecule has 0 aliphatic carbocycles. The zero-order valence-corrected chi connectivity index (χ0v) is 14.8. The van der Waals surface area contributed by atoms with Crippen LogP contribution in [-0.2, 0) is 4.74 Å². The van der Waals surface area contributed by atoms with E-state index in [0.29, 0.717) is 5.56 Å². The zero-order valence-electron chi connectivity index (χ0n) is 14.8. The van der Waals surface area contributed by atoms with Crippen molar-refractivity contribution in [3.63, 3.8) is 0 Å². The monoisotopic (exact) mass is 349 g/mol. The second kappa shape index (κ2) is 7.65. The minimum absolute atomic E-state index is 0.362. The maximum atomic E-state index is 11.4. The SMILES string of the molecule is COC(=O)c1ccc(/C=N\Nc2cc(C)nc3ccc(OC)cc23)cc1. The highest BCUT2D eigenvalue weighted by Gasteiger charge is 2.06. The molecule has 0 saturated carbocycles. The van der Waals surface area contributed by atoms with Crippen molar-refractivity contribution in [2.24, 2.45) is 5.10 Å². The molecule has 0 atom stereocenters. The Bertz CT molecular complexity index is 966. The number of carbonyl (C=O) groups is 1. The van der Waals surface area contributed by atoms with Gasteiger partial charge in [-0.2, -0.15) is 5.10 Å². The summed E-state index contributed by atoms with van der Waals surface area (Å²) in [6, 6.07) is 14.7. The lowest BCUT2D eigenvalue weighted by Gasteiger charge is -2.09. The van der Waals surface area contributed by atoms with Gasteiger partial charge in [0.15, 0.2) is 0 Å². The Balaban J connectivity index is 1.82. The highest BCUT2D eigenvalue weighted by molar-refractivity contribution is 5.93. The molecule has 1 N–H and O–H groups in total. The summed E-state index contributed by atoms with van der Waals surface area (Å²) < 4.78 is 9.97. The Kier molecular flexibility index (Phi) is 5.12. The van der Waals surface area contributed by atoms with Gasteiger partial charge >= 0.3 is 5.97 Å². The van der Waals surface area contributed by atoms with Crippen molar-refractivity contribution in [3.05, 3.63) is 65.4 Å². The van der Waals surface area contributed by atoms with Gasteiger partial charge in [-0.15, -0.1) is 0 Å². The largest absolute Gasteiger partial charge is 0.497 e. The van der Waals surface area contributed by atoms with Gasteiger partial charge in [0.05, 0.1) is 37.2 Å². The number of hydrazone groups is 1. The molecular weight excluding hydrogens is 330 g/mol. The fourth-order valence-electron chi connectivity index (χ4n) is 2.56. The van der Waals surface area contributed by atoms with Crippen molar-refractivity contribution in [2.75, 3.05) is 19.6 Å². The Hall–Kier alpha value is -3.41. The second-order valence-electron chi connectivity index (χ2n) is 5.68. The number of fused-ring (bicyclic) bond motifs is 1. The number of carbonyl (C=O) groups excluding carboxylic acids is 1. The van der Waals surface area contributed by atoms with Crippen LogP contribution in [0.2, 0.25) is 0 Å². The molecule has 0 aliphatic heterocycles. The van der Waals surface area contributed by atoms with Crippen LogP contribution in [-0.4, -0.2) is 31.4 Å². The number of hydrogen-bond donors (Lipinski definition) is 1. The molecule has 0 aliphatic rings. The van der Waals surface area contributed by atoms with Gasteiger partial charge in [0.1, 0.15) is 5.75 Å². The van der Waals surface area contributed by atoms with Crippen molar-refractivity contribution in [3.8, 4) is 5.75 Å². The van der Waals surface area contributed by atoms with Gasteiger partial charge in [0, 0.05) is 11.1 Å². The van der Waals surface area contributed by atoms with Crippen LogP contribution >= 0.6 is 0 Å². The van der Waals surface area contributed by atoms with Gasteiger partial charge in [-0.3, -0.25) is 10.4 Å². The molecule has 0 saturated heterocycles. The number of nitrogens with zero attached hydrogens (tertiary/aromatic N) is 2. The van der Waals surface area contributed by atoms with Crippen molar-refractivity contribution < 1.29 is 14.3 Å². The van der Waals surface area contributed by atoms with Crippen LogP contribution in [0.25, 0.3) is 10.9 Å². The van der Waals surface area contributed by atoms with Crippen LogP contribution in [0, 0.1) is 6.92 Å². The molecule has 0 radical (unpaired) electrons. The van der Waals surface area contributed by atoms with Crippen LogP contribution in [0.15, 0.2) is 53.6 Å². The number of methoxy groups -OCH3 is 2. The van der Waals surface area contributed by atoms with E-state index in [2.05, 4.69) is 20.2 Å². The Labute approximate surface area is 151 Å². The van der Waals surface area contributed by atoms with E-state index in [1.165, 1.54) is 7.11 Å². The molecule has 1 aromatic heterocycles. The van der Waals surface area contributed by atoms with Gasteiger partial charge in [-0.1, -0.05) is 12.1 Å². The van der Waals surface area contributed by atoms with Gasteiger partial charge in [0.2, 0.25) is 0 Å². The predicted molar refractivity (Wildman–Crippen MR) is 102 cm³/mol. The molecule has 0 bridgehead atoms. The average Bonchev–Trinajstić information content (AvgIpc) is 2.67. The van der Waals surface area contributed by atoms with Crippen LogP contribution in [0.3, 0.4) is 0 Å². The summed E-state index contributed by atoms with van der Waals surface area (Å²) in [6.45, 7) is 1.93. The number of aromatic nitrogens is 1. The molecule has 1 heterocycles. The lowest BCUT2D eigenvalue weighted by molar-refractivity contribution is 0.0600. The maximum absolute atomic E-state index is 11.4. The molecule has 2 aromatic carbocycles. The van der Waals surface area contributed by atoms with E-state index in [-0.39, 0.29) is 5.97 Å². The minimum Gasteiger partial charge on any atom is -0.497 e. The fraction of sp³-hybridized carbons (Fsp3) is 0.150. The lowest BCUT2D eigenvalue weighted by atomic mass is 10.1. The third-order valence-corrected chi connectivity index (χ3v) is 3.87. The summed E-state index contributed by atoms with van der Waals surface area (Å²) in [5.41, 5.74) is 7.02. The van der Waals surface area contributed by atoms with Gasteiger partial charge in [-0.25, -0.2) is 4.79 Å². The Morgan fingerprint density at radius 3 is 2.58 bits per heavy atom. The van der Waals surface area contributed by atoms with E-state index in [0.717, 1.165) is 33.6 Å². The molecule has 3 rings (SSSR count). The normalized spacial score (nSPS) is 10.9. The summed E-state index contributed by atoms with van der Waals surface area (Å²) in [7, 11) is 2.99. The number of nitrogens with one attached hydrogen (secondary N) is 1. The number of anilines is 1. The molecule has 0 fully saturated rings. The number of aryl methyl sites for hydroxylation is 1. The number of benzene rings is 2. The van der Waals surface area contributed by atoms with Crippen LogP contribution in [0.5, 0.6) is 5.75 Å². The molecule has 0 spiro atoms. The van der Waals surface area contributed by atoms with Crippen molar-refractivity contribution in [1.29, 1.82) is 0 Å². The van der Waals surface area contributed by atoms with Gasteiger partial charge < -0.3 is 9.47 Å². The Morgan fingerprint density at radius 2 is 1.88 bits per heavy atom. The third kappa shape index (κ3) is 3.80. The van der Waals surface area contributed by atoms with Crippen LogP contribution < -0.4 is 10.2 Å². The quantitative estimate of drug-likeness (QED) is 0.431. The molecule has 3 aromatic rings. The molecule has 0 unspecified atom stereocenters. The molecule has 26 heavy (non-hydrogen) atoms. The highest BCUT2D eigenvalue weighted by Crippen LogP contribution is 2.27. The lowest BCUT2D eigenvalue weighted by Crippen LogP contribution is -2.01. The molecule has 6 heteroatoms. The first-order valence-corrected chi connectivity index (χ1v) is 8.03. The first-order chi connectivity index (χ1) is 12.6. The van der Waals surface area contributed by atoms with Crippen LogP contribution in [0.4, 0.5) is 5.69 Å². The van der Waals surface area contributed by atoms with E-state index in [9.17, 15) is 4.79 Å². The minimum atomic E-state index is -0.362. The summed E-state index contributed by atoms with van der Waals surface area (Å²) in [5, 5.41) is 5.22. The fourth-order valence-corrected chi connectivity index (χ4v) is 2.56. The topological polar surface area (TPSA) is 72.8 Å². The predicted octanol–water partition coefficient (Wildman–Crippen LogP) is 3.78. The Morgan fingerprint density at radius 1 is 1.12 bits per heavy atom. The number of hydrogen-bond acceptors (Lipinski definition) is 6. The highest BCUT2D eigenvalue weighted by atomic mass is 16.5. The van der Waals surface area contributed by atoms with Crippen molar-refractivity contribution >= 4 is 28.8 Å². The number of ether oxygens (including phenoxy) is 2. The van der Waals surface area contributed by atoms with E-state index >= 15 is 0 Å². The smallest absolute Gasteiger partial charge is 0.337 e. The summed E-state index contributed by atoms with van der Waals surface area (Å²) >= 11 is 0. The molecule has 6 nitrogen and oxygen atoms in total. The zero-order chi connectivity index (χ0) is 18.5. The summed E-state index contributed by atoms with van der Waals surface area (Å²) in [4.78, 5) is 16.0. The average molecular weight is 349 g/mol.